The summed E-state index contributed by atoms with van der Waals surface area (Å²) in [4.78, 5) is 27.8. The van der Waals surface area contributed by atoms with Crippen molar-refractivity contribution in [2.75, 3.05) is 32.2 Å². The highest BCUT2D eigenvalue weighted by molar-refractivity contribution is 6.36. The second-order valence-corrected chi connectivity index (χ2v) is 7.24. The molecule has 0 unspecified atom stereocenters. The monoisotopic (exact) mass is 408 g/mol. The van der Waals surface area contributed by atoms with E-state index in [0.29, 0.717) is 43.2 Å². The van der Waals surface area contributed by atoms with Crippen LogP contribution in [0.2, 0.25) is 0 Å². The van der Waals surface area contributed by atoms with Gasteiger partial charge in [-0.2, -0.15) is 0 Å². The van der Waals surface area contributed by atoms with Gasteiger partial charge in [0.15, 0.2) is 0 Å². The molecule has 1 aliphatic heterocycles. The first kappa shape index (κ1) is 21.6. The molecule has 2 aromatic rings. The molecule has 3 rings (SSSR count). The normalized spacial score (nSPS) is 13.9. The Morgan fingerprint density at radius 3 is 2.53 bits per heavy atom. The van der Waals surface area contributed by atoms with Crippen LogP contribution in [0.15, 0.2) is 48.2 Å². The molecule has 0 fully saturated rings. The molecule has 1 heterocycles. The van der Waals surface area contributed by atoms with E-state index in [0.717, 1.165) is 16.7 Å². The van der Waals surface area contributed by atoms with Gasteiger partial charge in [0.05, 0.1) is 12.7 Å². The molecular weight excluding hydrogens is 380 g/mol. The smallest absolute Gasteiger partial charge is 0.278 e. The van der Waals surface area contributed by atoms with Crippen molar-refractivity contribution in [3.05, 3.63) is 64.9 Å². The predicted octanol–water partition coefficient (Wildman–Crippen LogP) is 3.93. The predicted molar refractivity (Wildman–Crippen MR) is 117 cm³/mol. The Labute approximate surface area is 177 Å². The Hall–Kier alpha value is -3.12. The number of amides is 2. The average Bonchev–Trinajstić information content (AvgIpc) is 2.95. The molecule has 30 heavy (non-hydrogen) atoms. The minimum Gasteiger partial charge on any atom is -0.497 e. The second kappa shape index (κ2) is 9.59. The number of methoxy groups -OCH3 is 1. The molecular formula is C24H28N2O4. The zero-order chi connectivity index (χ0) is 21.7. The van der Waals surface area contributed by atoms with Gasteiger partial charge in [0.25, 0.3) is 11.8 Å². The van der Waals surface area contributed by atoms with E-state index in [1.54, 1.807) is 13.2 Å². The maximum atomic E-state index is 13.3. The summed E-state index contributed by atoms with van der Waals surface area (Å²) in [6.45, 7) is 7.30. The molecule has 0 saturated heterocycles. The molecule has 0 aliphatic carbocycles. The van der Waals surface area contributed by atoms with Crippen LogP contribution in [0.4, 0.5) is 5.69 Å². The minimum atomic E-state index is -0.325. The fourth-order valence-electron chi connectivity index (χ4n) is 3.55. The topological polar surface area (TPSA) is 67.9 Å². The number of carbonyl (C=O) groups excluding carboxylic acids is 2. The van der Waals surface area contributed by atoms with Gasteiger partial charge < -0.3 is 14.8 Å². The summed E-state index contributed by atoms with van der Waals surface area (Å²) in [5.74, 6) is 0.0575. The largest absolute Gasteiger partial charge is 0.497 e. The zero-order valence-electron chi connectivity index (χ0n) is 18.0. The lowest BCUT2D eigenvalue weighted by Crippen LogP contribution is -2.34. The van der Waals surface area contributed by atoms with Crippen molar-refractivity contribution in [1.82, 2.24) is 4.90 Å². The molecule has 2 aromatic carbocycles. The summed E-state index contributed by atoms with van der Waals surface area (Å²) in [6.07, 6.45) is 0.595. The van der Waals surface area contributed by atoms with Gasteiger partial charge in [0, 0.05) is 31.5 Å². The minimum absolute atomic E-state index is 0.283. The number of benzene rings is 2. The van der Waals surface area contributed by atoms with Crippen molar-refractivity contribution in [1.29, 1.82) is 0 Å². The van der Waals surface area contributed by atoms with E-state index in [1.807, 2.05) is 57.2 Å². The number of nitrogens with zero attached hydrogens (tertiary/aromatic N) is 1. The Balaban J connectivity index is 1.99. The van der Waals surface area contributed by atoms with Crippen LogP contribution >= 0.6 is 0 Å². The number of anilines is 1. The number of carbonyl (C=O) groups is 2. The lowest BCUT2D eigenvalue weighted by molar-refractivity contribution is -0.137. The molecule has 6 nitrogen and oxygen atoms in total. The first-order valence-corrected chi connectivity index (χ1v) is 10.1. The van der Waals surface area contributed by atoms with Gasteiger partial charge in [-0.15, -0.1) is 0 Å². The summed E-state index contributed by atoms with van der Waals surface area (Å²) in [7, 11) is 1.59. The van der Waals surface area contributed by atoms with Gasteiger partial charge in [0.1, 0.15) is 11.4 Å². The Morgan fingerprint density at radius 1 is 1.03 bits per heavy atom. The van der Waals surface area contributed by atoms with Gasteiger partial charge in [-0.1, -0.05) is 29.8 Å². The van der Waals surface area contributed by atoms with Crippen molar-refractivity contribution < 1.29 is 19.1 Å². The van der Waals surface area contributed by atoms with E-state index < -0.39 is 0 Å². The van der Waals surface area contributed by atoms with Gasteiger partial charge in [0.2, 0.25) is 0 Å². The van der Waals surface area contributed by atoms with Gasteiger partial charge >= 0.3 is 0 Å². The molecule has 0 radical (unpaired) electrons. The van der Waals surface area contributed by atoms with Crippen LogP contribution in [0.3, 0.4) is 0 Å². The third-order valence-electron chi connectivity index (χ3n) is 5.03. The van der Waals surface area contributed by atoms with Gasteiger partial charge in [-0.3, -0.25) is 14.5 Å². The molecule has 1 aliphatic rings. The number of hydrogen-bond acceptors (Lipinski definition) is 5. The van der Waals surface area contributed by atoms with E-state index >= 15 is 0 Å². The fourth-order valence-corrected chi connectivity index (χ4v) is 3.55. The highest BCUT2D eigenvalue weighted by Crippen LogP contribution is 2.33. The van der Waals surface area contributed by atoms with Crippen LogP contribution in [-0.4, -0.2) is 43.6 Å². The Bertz CT molecular complexity index is 981. The summed E-state index contributed by atoms with van der Waals surface area (Å²) in [5, 5.41) is 3.17. The number of aryl methyl sites for hydroxylation is 2. The van der Waals surface area contributed by atoms with E-state index in [2.05, 4.69) is 5.32 Å². The van der Waals surface area contributed by atoms with Crippen molar-refractivity contribution in [3.63, 3.8) is 0 Å². The van der Waals surface area contributed by atoms with E-state index in [-0.39, 0.29) is 17.5 Å². The first-order valence-electron chi connectivity index (χ1n) is 10.1. The van der Waals surface area contributed by atoms with Crippen LogP contribution in [0, 0.1) is 13.8 Å². The number of nitrogens with one attached hydrogen (secondary N) is 1. The fraction of sp³-hybridized carbons (Fsp3) is 0.333. The number of rotatable bonds is 9. The van der Waals surface area contributed by atoms with Gasteiger partial charge in [-0.25, -0.2) is 0 Å². The molecule has 0 bridgehead atoms. The van der Waals surface area contributed by atoms with Crippen molar-refractivity contribution in [2.45, 2.75) is 27.2 Å². The van der Waals surface area contributed by atoms with Crippen molar-refractivity contribution in [3.8, 4) is 5.75 Å². The molecule has 6 heteroatoms. The first-order chi connectivity index (χ1) is 14.5. The molecule has 0 spiro atoms. The van der Waals surface area contributed by atoms with Crippen LogP contribution in [-0.2, 0) is 14.3 Å². The van der Waals surface area contributed by atoms with Crippen molar-refractivity contribution >= 4 is 23.1 Å². The standard InChI is InChI=1S/C24H28N2O4/c1-5-30-13-7-12-26-23(27)21(20-11-10-16(2)14-17(20)3)22(24(26)28)25-18-8-6-9-19(15-18)29-4/h6,8-11,14-15,25H,5,7,12-13H2,1-4H3. The Kier molecular flexibility index (Phi) is 6.90. The summed E-state index contributed by atoms with van der Waals surface area (Å²) in [5.41, 5.74) is 4.19. The Morgan fingerprint density at radius 2 is 1.83 bits per heavy atom. The maximum absolute atomic E-state index is 13.3. The lowest BCUT2D eigenvalue weighted by atomic mass is 9.97. The van der Waals surface area contributed by atoms with Crippen LogP contribution in [0.25, 0.3) is 5.57 Å². The van der Waals surface area contributed by atoms with Gasteiger partial charge in [-0.05, 0) is 50.5 Å². The molecule has 2 amide bonds. The quantitative estimate of drug-likeness (QED) is 0.503. The zero-order valence-corrected chi connectivity index (χ0v) is 18.0. The molecule has 1 N–H and O–H groups in total. The summed E-state index contributed by atoms with van der Waals surface area (Å²) in [6, 6.07) is 13.2. The third kappa shape index (κ3) is 4.54. The van der Waals surface area contributed by atoms with E-state index in [9.17, 15) is 9.59 Å². The van der Waals surface area contributed by atoms with Crippen molar-refractivity contribution in [2.24, 2.45) is 0 Å². The van der Waals surface area contributed by atoms with Crippen LogP contribution in [0.5, 0.6) is 5.75 Å². The molecule has 0 saturated carbocycles. The van der Waals surface area contributed by atoms with Crippen LogP contribution in [0.1, 0.15) is 30.0 Å². The summed E-state index contributed by atoms with van der Waals surface area (Å²) < 4.78 is 10.6. The molecule has 0 atom stereocenters. The maximum Gasteiger partial charge on any atom is 0.278 e. The molecule has 158 valence electrons. The SMILES string of the molecule is CCOCCCN1C(=O)C(Nc2cccc(OC)c2)=C(c2ccc(C)cc2C)C1=O. The van der Waals surface area contributed by atoms with E-state index in [4.69, 9.17) is 9.47 Å². The number of hydrogen-bond donors (Lipinski definition) is 1. The third-order valence-corrected chi connectivity index (χ3v) is 5.03. The van der Waals surface area contributed by atoms with E-state index in [1.165, 1.54) is 4.90 Å². The second-order valence-electron chi connectivity index (χ2n) is 7.24. The highest BCUT2D eigenvalue weighted by atomic mass is 16.5. The number of ether oxygens (including phenoxy) is 2. The molecule has 0 aromatic heterocycles. The lowest BCUT2D eigenvalue weighted by Gasteiger charge is -2.15. The highest BCUT2D eigenvalue weighted by Gasteiger charge is 2.39. The average molecular weight is 408 g/mol. The van der Waals surface area contributed by atoms with Crippen LogP contribution < -0.4 is 10.1 Å². The number of imide groups is 1. The summed E-state index contributed by atoms with van der Waals surface area (Å²) >= 11 is 0.